The largest absolute Gasteiger partial charge is 0.362 e. The van der Waals surface area contributed by atoms with Crippen molar-refractivity contribution in [2.24, 2.45) is 0 Å². The van der Waals surface area contributed by atoms with Crippen LogP contribution in [0.3, 0.4) is 0 Å². The second kappa shape index (κ2) is 4.48. The van der Waals surface area contributed by atoms with Crippen LogP contribution in [0.15, 0.2) is 18.2 Å². The highest BCUT2D eigenvalue weighted by atomic mass is 35.5. The third-order valence-electron chi connectivity index (χ3n) is 1.54. The average Bonchev–Trinajstić information content (AvgIpc) is 2.04. The molecule has 0 saturated heterocycles. The van der Waals surface area contributed by atoms with E-state index in [1.54, 1.807) is 18.2 Å². The number of ether oxygens (including phenoxy) is 1. The first kappa shape index (κ1) is 10.3. The van der Waals surface area contributed by atoms with Gasteiger partial charge >= 0.3 is 0 Å². The molecule has 2 nitrogen and oxygen atoms in total. The zero-order chi connectivity index (χ0) is 9.84. The minimum absolute atomic E-state index is 0.500. The number of hydrogen-bond donors (Lipinski definition) is 0. The minimum Gasteiger partial charge on any atom is -0.362 e. The predicted molar refractivity (Wildman–Crippen MR) is 51.8 cm³/mol. The highest BCUT2D eigenvalue weighted by Crippen LogP contribution is 2.24. The topological polar surface area (TPSA) is 33.0 Å². The van der Waals surface area contributed by atoms with Crippen LogP contribution in [0.1, 0.15) is 11.7 Å². The van der Waals surface area contributed by atoms with Crippen LogP contribution >= 0.6 is 23.2 Å². The van der Waals surface area contributed by atoms with E-state index in [2.05, 4.69) is 0 Å². The monoisotopic (exact) mass is 215 g/mol. The molecule has 4 heteroatoms. The molecular weight excluding hydrogens is 209 g/mol. The predicted octanol–water partition coefficient (Wildman–Crippen LogP) is 3.20. The fourth-order valence-electron chi connectivity index (χ4n) is 0.990. The molecule has 1 atom stereocenters. The maximum absolute atomic E-state index is 8.70. The van der Waals surface area contributed by atoms with Gasteiger partial charge in [0.05, 0.1) is 6.07 Å². The summed E-state index contributed by atoms with van der Waals surface area (Å²) in [5.74, 6) is 0. The maximum Gasteiger partial charge on any atom is 0.168 e. The highest BCUT2D eigenvalue weighted by molar-refractivity contribution is 6.34. The number of methoxy groups -OCH3 is 1. The first-order chi connectivity index (χ1) is 6.17. The maximum atomic E-state index is 8.70. The summed E-state index contributed by atoms with van der Waals surface area (Å²) >= 11 is 11.5. The van der Waals surface area contributed by atoms with E-state index in [0.717, 1.165) is 0 Å². The first-order valence-corrected chi connectivity index (χ1v) is 4.31. The molecule has 0 aliphatic heterocycles. The van der Waals surface area contributed by atoms with Crippen LogP contribution in [0.4, 0.5) is 0 Å². The second-order valence-corrected chi connectivity index (χ2v) is 3.32. The number of halogens is 2. The summed E-state index contributed by atoms with van der Waals surface area (Å²) in [7, 11) is 1.46. The molecular formula is C9H7Cl2NO. The van der Waals surface area contributed by atoms with E-state index in [1.165, 1.54) is 7.11 Å². The van der Waals surface area contributed by atoms with Crippen molar-refractivity contribution in [2.75, 3.05) is 7.11 Å². The standard InChI is InChI=1S/C9H7Cl2NO/c1-13-9(5-12)6-2-7(10)4-8(11)3-6/h2-4,9H,1H3. The van der Waals surface area contributed by atoms with E-state index in [4.69, 9.17) is 33.2 Å². The van der Waals surface area contributed by atoms with Crippen LogP contribution in [0.2, 0.25) is 10.0 Å². The Labute approximate surface area is 86.6 Å². The molecule has 1 aromatic carbocycles. The number of nitriles is 1. The Morgan fingerprint density at radius 3 is 2.23 bits per heavy atom. The number of hydrogen-bond acceptors (Lipinski definition) is 2. The van der Waals surface area contributed by atoms with Gasteiger partial charge in [0.1, 0.15) is 0 Å². The van der Waals surface area contributed by atoms with Crippen molar-refractivity contribution in [2.45, 2.75) is 6.10 Å². The quantitative estimate of drug-likeness (QED) is 0.760. The van der Waals surface area contributed by atoms with Crippen LogP contribution in [0.5, 0.6) is 0 Å². The van der Waals surface area contributed by atoms with Gasteiger partial charge in [0.15, 0.2) is 6.10 Å². The molecule has 1 rings (SSSR count). The first-order valence-electron chi connectivity index (χ1n) is 3.55. The summed E-state index contributed by atoms with van der Waals surface area (Å²) in [5.41, 5.74) is 0.669. The molecule has 0 aliphatic rings. The molecule has 0 N–H and O–H groups in total. The average molecular weight is 216 g/mol. The Hall–Kier alpha value is -0.750. The summed E-state index contributed by atoms with van der Waals surface area (Å²) in [6.07, 6.45) is -0.615. The number of benzene rings is 1. The van der Waals surface area contributed by atoms with Crippen LogP contribution in [-0.2, 0) is 4.74 Å². The number of rotatable bonds is 2. The second-order valence-electron chi connectivity index (χ2n) is 2.45. The summed E-state index contributed by atoms with van der Waals surface area (Å²) < 4.78 is 4.92. The van der Waals surface area contributed by atoms with Gasteiger partial charge in [0.2, 0.25) is 0 Å². The Kier molecular flexibility index (Phi) is 3.56. The third-order valence-corrected chi connectivity index (χ3v) is 1.98. The lowest BCUT2D eigenvalue weighted by atomic mass is 10.1. The van der Waals surface area contributed by atoms with Gasteiger partial charge in [-0.3, -0.25) is 0 Å². The Morgan fingerprint density at radius 1 is 1.31 bits per heavy atom. The smallest absolute Gasteiger partial charge is 0.168 e. The molecule has 13 heavy (non-hydrogen) atoms. The van der Waals surface area contributed by atoms with Crippen LogP contribution in [0.25, 0.3) is 0 Å². The molecule has 0 fully saturated rings. The molecule has 1 unspecified atom stereocenters. The summed E-state index contributed by atoms with van der Waals surface area (Å²) in [5, 5.41) is 9.70. The van der Waals surface area contributed by atoms with Gasteiger partial charge in [-0.15, -0.1) is 0 Å². The zero-order valence-electron chi connectivity index (χ0n) is 6.92. The van der Waals surface area contributed by atoms with Crippen molar-refractivity contribution in [3.63, 3.8) is 0 Å². The van der Waals surface area contributed by atoms with Gasteiger partial charge in [0, 0.05) is 17.2 Å². The fourth-order valence-corrected chi connectivity index (χ4v) is 1.53. The normalized spacial score (nSPS) is 12.2. The van der Waals surface area contributed by atoms with Gasteiger partial charge in [0.25, 0.3) is 0 Å². The molecule has 0 amide bonds. The van der Waals surface area contributed by atoms with E-state index in [1.807, 2.05) is 6.07 Å². The molecule has 0 heterocycles. The van der Waals surface area contributed by atoms with E-state index in [0.29, 0.717) is 15.6 Å². The van der Waals surface area contributed by atoms with Crippen molar-refractivity contribution in [1.29, 1.82) is 5.26 Å². The molecule has 0 bridgehead atoms. The molecule has 0 spiro atoms. The third kappa shape index (κ3) is 2.60. The van der Waals surface area contributed by atoms with Crippen molar-refractivity contribution >= 4 is 23.2 Å². The van der Waals surface area contributed by atoms with Gasteiger partial charge in [-0.05, 0) is 23.8 Å². The van der Waals surface area contributed by atoms with Crippen molar-refractivity contribution < 1.29 is 4.74 Å². The molecule has 1 aromatic rings. The number of nitrogens with zero attached hydrogens (tertiary/aromatic N) is 1. The Balaban J connectivity index is 3.08. The summed E-state index contributed by atoms with van der Waals surface area (Å²) in [4.78, 5) is 0. The summed E-state index contributed by atoms with van der Waals surface area (Å²) in [6.45, 7) is 0. The van der Waals surface area contributed by atoms with Gasteiger partial charge in [-0.25, -0.2) is 0 Å². The van der Waals surface area contributed by atoms with Crippen LogP contribution in [0, 0.1) is 11.3 Å². The molecule has 68 valence electrons. The minimum atomic E-state index is -0.615. The Morgan fingerprint density at radius 2 is 1.85 bits per heavy atom. The lowest BCUT2D eigenvalue weighted by Crippen LogP contribution is -1.97. The van der Waals surface area contributed by atoms with Crippen molar-refractivity contribution in [3.05, 3.63) is 33.8 Å². The van der Waals surface area contributed by atoms with E-state index >= 15 is 0 Å². The van der Waals surface area contributed by atoms with E-state index in [-0.39, 0.29) is 0 Å². The Bertz CT molecular complexity index is 326. The summed E-state index contributed by atoms with van der Waals surface area (Å²) in [6, 6.07) is 6.91. The lowest BCUT2D eigenvalue weighted by Gasteiger charge is -2.07. The SMILES string of the molecule is COC(C#N)c1cc(Cl)cc(Cl)c1. The van der Waals surface area contributed by atoms with Crippen molar-refractivity contribution in [3.8, 4) is 6.07 Å². The molecule has 0 saturated carbocycles. The van der Waals surface area contributed by atoms with Gasteiger partial charge in [-0.2, -0.15) is 5.26 Å². The van der Waals surface area contributed by atoms with E-state index in [9.17, 15) is 0 Å². The van der Waals surface area contributed by atoms with Crippen molar-refractivity contribution in [1.82, 2.24) is 0 Å². The van der Waals surface area contributed by atoms with E-state index < -0.39 is 6.10 Å². The lowest BCUT2D eigenvalue weighted by molar-refractivity contribution is 0.148. The molecule has 0 aromatic heterocycles. The van der Waals surface area contributed by atoms with Gasteiger partial charge < -0.3 is 4.74 Å². The fraction of sp³-hybridized carbons (Fsp3) is 0.222. The molecule has 0 radical (unpaired) electrons. The van der Waals surface area contributed by atoms with Crippen LogP contribution < -0.4 is 0 Å². The molecule has 0 aliphatic carbocycles. The zero-order valence-corrected chi connectivity index (χ0v) is 8.43. The van der Waals surface area contributed by atoms with Gasteiger partial charge in [-0.1, -0.05) is 23.2 Å². The van der Waals surface area contributed by atoms with Crippen LogP contribution in [-0.4, -0.2) is 7.11 Å². The highest BCUT2D eigenvalue weighted by Gasteiger charge is 2.09.